The number of methoxy groups -OCH3 is 2. The Morgan fingerprint density at radius 2 is 2.00 bits per heavy atom. The van der Waals surface area contributed by atoms with Crippen LogP contribution < -0.4 is 20.3 Å². The quantitative estimate of drug-likeness (QED) is 0.387. The van der Waals surface area contributed by atoms with Gasteiger partial charge >= 0.3 is 0 Å². The van der Waals surface area contributed by atoms with E-state index in [1.807, 2.05) is 24.3 Å². The highest BCUT2D eigenvalue weighted by Gasteiger charge is 2.15. The minimum Gasteiger partial charge on any atom is -0.497 e. The summed E-state index contributed by atoms with van der Waals surface area (Å²) in [5.41, 5.74) is 1.96. The third-order valence-electron chi connectivity index (χ3n) is 4.48. The molecule has 3 rings (SSSR count). The van der Waals surface area contributed by atoms with Gasteiger partial charge in [0.1, 0.15) is 11.5 Å². The zero-order chi connectivity index (χ0) is 22.4. The van der Waals surface area contributed by atoms with Crippen molar-refractivity contribution in [2.75, 3.05) is 19.5 Å². The lowest BCUT2D eigenvalue weighted by Crippen LogP contribution is -2.24. The number of carbonyl (C=O) groups is 1. The number of thioether (sulfide) groups is 1. The number of amides is 1. The molecule has 1 heterocycles. The highest BCUT2D eigenvalue weighted by molar-refractivity contribution is 7.98. The van der Waals surface area contributed by atoms with E-state index in [1.165, 1.54) is 18.9 Å². The lowest BCUT2D eigenvalue weighted by Gasteiger charge is -2.11. The van der Waals surface area contributed by atoms with Crippen molar-refractivity contribution in [3.05, 3.63) is 74.7 Å². The van der Waals surface area contributed by atoms with Crippen molar-refractivity contribution in [3.8, 4) is 11.5 Å². The molecule has 0 aliphatic carbocycles. The molecule has 0 unspecified atom stereocenters. The Balaban J connectivity index is 1.69. The highest BCUT2D eigenvalue weighted by Crippen LogP contribution is 2.28. The SMILES string of the molecule is COc1cccc(CSc2nc(C)c(CC(=O)Nc3cc(Cl)ccc3OC)c(=O)[nH]2)c1. The molecule has 0 aliphatic rings. The minimum absolute atomic E-state index is 0.120. The molecular formula is C22H22ClN3O4S. The molecule has 7 nitrogen and oxygen atoms in total. The first kappa shape index (κ1) is 22.7. The summed E-state index contributed by atoms with van der Waals surface area (Å²) >= 11 is 7.40. The van der Waals surface area contributed by atoms with Crippen molar-refractivity contribution < 1.29 is 14.3 Å². The number of hydrogen-bond acceptors (Lipinski definition) is 6. The van der Waals surface area contributed by atoms with Crippen molar-refractivity contribution in [1.29, 1.82) is 0 Å². The molecule has 9 heteroatoms. The summed E-state index contributed by atoms with van der Waals surface area (Å²) in [6.45, 7) is 1.72. The maximum Gasteiger partial charge on any atom is 0.255 e. The molecule has 0 radical (unpaired) electrons. The van der Waals surface area contributed by atoms with E-state index in [0.29, 0.717) is 38.6 Å². The average Bonchev–Trinajstić information content (AvgIpc) is 2.75. The van der Waals surface area contributed by atoms with Gasteiger partial charge in [0.25, 0.3) is 5.56 Å². The summed E-state index contributed by atoms with van der Waals surface area (Å²) < 4.78 is 10.5. The number of nitrogens with one attached hydrogen (secondary N) is 2. The summed E-state index contributed by atoms with van der Waals surface area (Å²) in [4.78, 5) is 32.3. The number of carbonyl (C=O) groups excluding carboxylic acids is 1. The van der Waals surface area contributed by atoms with Gasteiger partial charge in [0, 0.05) is 22.0 Å². The molecule has 0 bridgehead atoms. The number of aromatic nitrogens is 2. The van der Waals surface area contributed by atoms with Crippen LogP contribution in [0.4, 0.5) is 5.69 Å². The number of hydrogen-bond donors (Lipinski definition) is 2. The monoisotopic (exact) mass is 459 g/mol. The van der Waals surface area contributed by atoms with Crippen molar-refractivity contribution >= 4 is 35.0 Å². The Morgan fingerprint density at radius 1 is 1.19 bits per heavy atom. The lowest BCUT2D eigenvalue weighted by atomic mass is 10.1. The molecule has 0 aliphatic heterocycles. The highest BCUT2D eigenvalue weighted by atomic mass is 35.5. The number of H-pyrrole nitrogens is 1. The minimum atomic E-state index is -0.368. The fraction of sp³-hybridized carbons (Fsp3) is 0.227. The first-order valence-corrected chi connectivity index (χ1v) is 10.7. The normalized spacial score (nSPS) is 10.6. The summed E-state index contributed by atoms with van der Waals surface area (Å²) in [6, 6.07) is 12.6. The Labute approximate surface area is 189 Å². The van der Waals surface area contributed by atoms with Crippen molar-refractivity contribution in [1.82, 2.24) is 9.97 Å². The maximum absolute atomic E-state index is 12.6. The molecular weight excluding hydrogens is 438 g/mol. The Bertz CT molecular complexity index is 1150. The van der Waals surface area contributed by atoms with Gasteiger partial charge < -0.3 is 19.8 Å². The maximum atomic E-state index is 12.6. The van der Waals surface area contributed by atoms with Crippen molar-refractivity contribution in [2.24, 2.45) is 0 Å². The van der Waals surface area contributed by atoms with Crippen LogP contribution in [0.15, 0.2) is 52.4 Å². The number of aromatic amines is 1. The van der Waals surface area contributed by atoms with Gasteiger partial charge in [0.15, 0.2) is 5.16 Å². The largest absolute Gasteiger partial charge is 0.497 e. The van der Waals surface area contributed by atoms with Crippen LogP contribution in [0.1, 0.15) is 16.8 Å². The van der Waals surface area contributed by atoms with Crippen molar-refractivity contribution in [2.45, 2.75) is 24.3 Å². The number of benzene rings is 2. The van der Waals surface area contributed by atoms with E-state index < -0.39 is 0 Å². The predicted molar refractivity (Wildman–Crippen MR) is 122 cm³/mol. The number of anilines is 1. The molecule has 162 valence electrons. The summed E-state index contributed by atoms with van der Waals surface area (Å²) in [6.07, 6.45) is -0.120. The fourth-order valence-electron chi connectivity index (χ4n) is 2.91. The fourth-order valence-corrected chi connectivity index (χ4v) is 3.93. The standard InChI is InChI=1S/C22H22ClN3O4S/c1-13-17(11-20(27)25-18-10-15(23)7-8-19(18)30-3)21(28)26-22(24-13)31-12-14-5-4-6-16(9-14)29-2/h4-10H,11-12H2,1-3H3,(H,25,27)(H,24,26,28). The van der Waals surface area contributed by atoms with E-state index in [-0.39, 0.29) is 17.9 Å². The molecule has 3 aromatic rings. The van der Waals surface area contributed by atoms with Gasteiger partial charge in [-0.3, -0.25) is 9.59 Å². The smallest absolute Gasteiger partial charge is 0.255 e. The molecule has 0 saturated carbocycles. The van der Waals surface area contributed by atoms with Crippen LogP contribution in [0.5, 0.6) is 11.5 Å². The number of aryl methyl sites for hydroxylation is 1. The molecule has 31 heavy (non-hydrogen) atoms. The first-order valence-electron chi connectivity index (χ1n) is 9.38. The first-order chi connectivity index (χ1) is 14.9. The number of rotatable bonds is 8. The van der Waals surface area contributed by atoms with Gasteiger partial charge in [-0.1, -0.05) is 35.5 Å². The number of halogens is 1. The summed E-state index contributed by atoms with van der Waals surface area (Å²) in [5, 5.41) is 3.69. The van der Waals surface area contributed by atoms with E-state index in [2.05, 4.69) is 15.3 Å². The van der Waals surface area contributed by atoms with Crippen LogP contribution in [0.3, 0.4) is 0 Å². The number of ether oxygens (including phenoxy) is 2. The second-order valence-corrected chi connectivity index (χ2v) is 8.05. The van der Waals surface area contributed by atoms with E-state index in [9.17, 15) is 9.59 Å². The third-order valence-corrected chi connectivity index (χ3v) is 5.66. The number of nitrogens with zero attached hydrogens (tertiary/aromatic N) is 1. The zero-order valence-electron chi connectivity index (χ0n) is 17.3. The van der Waals surface area contributed by atoms with Crippen LogP contribution in [0, 0.1) is 6.92 Å². The molecule has 0 atom stereocenters. The summed E-state index contributed by atoms with van der Waals surface area (Å²) in [7, 11) is 3.12. The predicted octanol–water partition coefficient (Wildman–Crippen LogP) is 4.22. The van der Waals surface area contributed by atoms with Crippen molar-refractivity contribution in [3.63, 3.8) is 0 Å². The lowest BCUT2D eigenvalue weighted by molar-refractivity contribution is -0.115. The van der Waals surface area contributed by atoms with Gasteiger partial charge in [-0.25, -0.2) is 4.98 Å². The van der Waals surface area contributed by atoms with Gasteiger partial charge in [0.2, 0.25) is 5.91 Å². The summed E-state index contributed by atoms with van der Waals surface area (Å²) in [5.74, 6) is 1.50. The second-order valence-electron chi connectivity index (χ2n) is 6.64. The van der Waals surface area contributed by atoms with Gasteiger partial charge in [0.05, 0.1) is 26.3 Å². The van der Waals surface area contributed by atoms with E-state index in [4.69, 9.17) is 21.1 Å². The molecule has 2 aromatic carbocycles. The van der Waals surface area contributed by atoms with Gasteiger partial charge in [-0.15, -0.1) is 0 Å². The Morgan fingerprint density at radius 3 is 2.71 bits per heavy atom. The van der Waals surface area contributed by atoms with Crippen LogP contribution in [-0.4, -0.2) is 30.1 Å². The molecule has 0 spiro atoms. The molecule has 0 saturated heterocycles. The van der Waals surface area contributed by atoms with Gasteiger partial charge in [-0.2, -0.15) is 0 Å². The van der Waals surface area contributed by atoms with Gasteiger partial charge in [-0.05, 0) is 42.8 Å². The Hall–Kier alpha value is -2.97. The topological polar surface area (TPSA) is 93.3 Å². The van der Waals surface area contributed by atoms with Crippen LogP contribution in [0.2, 0.25) is 5.02 Å². The van der Waals surface area contributed by atoms with Crippen LogP contribution in [-0.2, 0) is 17.0 Å². The molecule has 0 fully saturated rings. The van der Waals surface area contributed by atoms with Crippen LogP contribution in [0.25, 0.3) is 0 Å². The average molecular weight is 460 g/mol. The zero-order valence-corrected chi connectivity index (χ0v) is 18.9. The van der Waals surface area contributed by atoms with E-state index in [1.54, 1.807) is 32.2 Å². The van der Waals surface area contributed by atoms with E-state index in [0.717, 1.165) is 11.3 Å². The third kappa shape index (κ3) is 6.02. The molecule has 1 amide bonds. The Kier molecular flexibility index (Phi) is 7.59. The second kappa shape index (κ2) is 10.4. The van der Waals surface area contributed by atoms with E-state index >= 15 is 0 Å². The molecule has 1 aromatic heterocycles. The van der Waals surface area contributed by atoms with Crippen LogP contribution >= 0.6 is 23.4 Å². The molecule has 2 N–H and O–H groups in total.